The Hall–Kier alpha value is -2.01. The summed E-state index contributed by atoms with van der Waals surface area (Å²) in [7, 11) is 0. The minimum absolute atomic E-state index is 0.0917. The Kier molecular flexibility index (Phi) is 5.13. The lowest BCUT2D eigenvalue weighted by Crippen LogP contribution is -2.44. The Morgan fingerprint density at radius 2 is 1.63 bits per heavy atom. The summed E-state index contributed by atoms with van der Waals surface area (Å²) < 4.78 is 11.6. The van der Waals surface area contributed by atoms with E-state index >= 15 is 0 Å². The summed E-state index contributed by atoms with van der Waals surface area (Å²) in [6.45, 7) is 8.24. The van der Waals surface area contributed by atoms with E-state index in [1.54, 1.807) is 0 Å². The van der Waals surface area contributed by atoms with Crippen molar-refractivity contribution in [1.29, 1.82) is 0 Å². The molecule has 4 nitrogen and oxygen atoms in total. The Bertz CT molecular complexity index is 809. The maximum atomic E-state index is 12.9. The lowest BCUT2D eigenvalue weighted by Gasteiger charge is -2.37. The molecule has 2 aromatic rings. The lowest BCUT2D eigenvalue weighted by molar-refractivity contribution is -0.185. The first-order valence-electron chi connectivity index (χ1n) is 9.75. The van der Waals surface area contributed by atoms with Crippen molar-refractivity contribution >= 4 is 5.78 Å². The summed E-state index contributed by atoms with van der Waals surface area (Å²) in [4.78, 5) is 15.3. The highest BCUT2D eigenvalue weighted by atomic mass is 16.7. The van der Waals surface area contributed by atoms with Crippen LogP contribution >= 0.6 is 0 Å². The molecule has 0 atom stereocenters. The predicted molar refractivity (Wildman–Crippen MR) is 105 cm³/mol. The number of hydrogen-bond acceptors (Lipinski definition) is 4. The van der Waals surface area contributed by atoms with E-state index in [1.165, 1.54) is 5.56 Å². The molecule has 2 aliphatic rings. The standard InChI is InChI=1S/C23H27NO3/c1-17-12-18(2)14-21(13-17)22(25)20-5-3-4-19(15-20)16-24-8-6-23(7-9-24)26-10-11-27-23/h3-5,12-15H,6-11,16H2,1-2H3. The van der Waals surface area contributed by atoms with Gasteiger partial charge in [-0.15, -0.1) is 0 Å². The number of carbonyl (C=O) groups excluding carboxylic acids is 1. The van der Waals surface area contributed by atoms with Gasteiger partial charge in [-0.25, -0.2) is 0 Å². The van der Waals surface area contributed by atoms with Crippen LogP contribution < -0.4 is 0 Å². The van der Waals surface area contributed by atoms with Crippen LogP contribution in [0.15, 0.2) is 42.5 Å². The van der Waals surface area contributed by atoms with Gasteiger partial charge in [-0.05, 0) is 37.6 Å². The number of rotatable bonds is 4. The van der Waals surface area contributed by atoms with Crippen molar-refractivity contribution in [1.82, 2.24) is 4.90 Å². The third kappa shape index (κ3) is 4.13. The monoisotopic (exact) mass is 365 g/mol. The third-order valence-electron chi connectivity index (χ3n) is 5.51. The molecular weight excluding hydrogens is 338 g/mol. The van der Waals surface area contributed by atoms with Crippen molar-refractivity contribution in [3.63, 3.8) is 0 Å². The smallest absolute Gasteiger partial charge is 0.193 e. The van der Waals surface area contributed by atoms with Gasteiger partial charge in [0.25, 0.3) is 0 Å². The molecule has 2 aromatic carbocycles. The van der Waals surface area contributed by atoms with E-state index in [0.717, 1.165) is 54.7 Å². The van der Waals surface area contributed by atoms with E-state index in [2.05, 4.69) is 17.0 Å². The number of piperidine rings is 1. The molecule has 2 aliphatic heterocycles. The zero-order valence-corrected chi connectivity index (χ0v) is 16.2. The van der Waals surface area contributed by atoms with Crippen molar-refractivity contribution in [2.24, 2.45) is 0 Å². The van der Waals surface area contributed by atoms with Gasteiger partial charge in [-0.2, -0.15) is 0 Å². The highest BCUT2D eigenvalue weighted by molar-refractivity contribution is 6.09. The number of ether oxygens (including phenoxy) is 2. The van der Waals surface area contributed by atoms with E-state index in [4.69, 9.17) is 9.47 Å². The maximum Gasteiger partial charge on any atom is 0.193 e. The van der Waals surface area contributed by atoms with E-state index in [1.807, 2.05) is 44.2 Å². The molecule has 2 heterocycles. The molecule has 2 fully saturated rings. The number of ketones is 1. The molecule has 1 spiro atoms. The fourth-order valence-electron chi connectivity index (χ4n) is 4.18. The van der Waals surface area contributed by atoms with E-state index < -0.39 is 0 Å². The number of nitrogens with zero attached hydrogens (tertiary/aromatic N) is 1. The van der Waals surface area contributed by atoms with Crippen LogP contribution in [0.3, 0.4) is 0 Å². The van der Waals surface area contributed by atoms with Gasteiger partial charge in [0, 0.05) is 43.6 Å². The van der Waals surface area contributed by atoms with Crippen LogP contribution in [0.2, 0.25) is 0 Å². The summed E-state index contributed by atoms with van der Waals surface area (Å²) in [5.74, 6) is -0.244. The summed E-state index contributed by atoms with van der Waals surface area (Å²) in [5.41, 5.74) is 4.93. The van der Waals surface area contributed by atoms with Crippen LogP contribution in [0, 0.1) is 13.8 Å². The molecular formula is C23H27NO3. The van der Waals surface area contributed by atoms with Crippen LogP contribution in [-0.4, -0.2) is 42.8 Å². The number of likely N-dealkylation sites (tertiary alicyclic amines) is 1. The fraction of sp³-hybridized carbons (Fsp3) is 0.435. The van der Waals surface area contributed by atoms with Gasteiger partial charge in [0.05, 0.1) is 13.2 Å². The minimum atomic E-state index is -0.336. The lowest BCUT2D eigenvalue weighted by atomic mass is 9.97. The number of carbonyl (C=O) groups is 1. The first-order chi connectivity index (χ1) is 13.0. The number of benzene rings is 2. The number of hydrogen-bond donors (Lipinski definition) is 0. The van der Waals surface area contributed by atoms with Crippen LogP contribution in [0.25, 0.3) is 0 Å². The third-order valence-corrected chi connectivity index (χ3v) is 5.51. The van der Waals surface area contributed by atoms with E-state index in [-0.39, 0.29) is 11.6 Å². The van der Waals surface area contributed by atoms with Crippen molar-refractivity contribution in [2.45, 2.75) is 39.0 Å². The first-order valence-corrected chi connectivity index (χ1v) is 9.75. The van der Waals surface area contributed by atoms with Gasteiger partial charge in [-0.1, -0.05) is 35.4 Å². The average Bonchev–Trinajstić information content (AvgIpc) is 3.11. The van der Waals surface area contributed by atoms with Crippen molar-refractivity contribution < 1.29 is 14.3 Å². The predicted octanol–water partition coefficient (Wildman–Crippen LogP) is 3.87. The first kappa shape index (κ1) is 18.4. The van der Waals surface area contributed by atoms with Gasteiger partial charge in [0.1, 0.15) is 0 Å². The Labute approximate surface area is 161 Å². The van der Waals surface area contributed by atoms with Crippen LogP contribution in [-0.2, 0) is 16.0 Å². The molecule has 2 saturated heterocycles. The molecule has 0 N–H and O–H groups in total. The van der Waals surface area contributed by atoms with Crippen LogP contribution in [0.4, 0.5) is 0 Å². The van der Waals surface area contributed by atoms with E-state index in [0.29, 0.717) is 13.2 Å². The summed E-state index contributed by atoms with van der Waals surface area (Å²) in [6.07, 6.45) is 1.82. The molecule has 0 aromatic heterocycles. The number of aryl methyl sites for hydroxylation is 2. The molecule has 0 bridgehead atoms. The summed E-state index contributed by atoms with van der Waals surface area (Å²) in [6, 6.07) is 14.1. The molecule has 0 radical (unpaired) electrons. The normalized spacial score (nSPS) is 19.5. The molecule has 4 rings (SSSR count). The maximum absolute atomic E-state index is 12.9. The zero-order valence-electron chi connectivity index (χ0n) is 16.2. The van der Waals surface area contributed by atoms with Crippen molar-refractivity contribution in [3.05, 3.63) is 70.3 Å². The van der Waals surface area contributed by atoms with Crippen LogP contribution in [0.1, 0.15) is 45.5 Å². The molecule has 0 amide bonds. The SMILES string of the molecule is Cc1cc(C)cc(C(=O)c2cccc(CN3CCC4(CC3)OCCO4)c2)c1. The van der Waals surface area contributed by atoms with Gasteiger partial charge >= 0.3 is 0 Å². The van der Waals surface area contributed by atoms with Gasteiger partial charge in [0.15, 0.2) is 11.6 Å². The summed E-state index contributed by atoms with van der Waals surface area (Å²) >= 11 is 0. The highest BCUT2D eigenvalue weighted by Gasteiger charge is 2.39. The Morgan fingerprint density at radius 1 is 0.963 bits per heavy atom. The summed E-state index contributed by atoms with van der Waals surface area (Å²) in [5, 5.41) is 0. The second kappa shape index (κ2) is 7.55. The second-order valence-corrected chi connectivity index (χ2v) is 7.79. The molecule has 142 valence electrons. The second-order valence-electron chi connectivity index (χ2n) is 7.79. The molecule has 0 unspecified atom stereocenters. The minimum Gasteiger partial charge on any atom is -0.347 e. The highest BCUT2D eigenvalue weighted by Crippen LogP contribution is 2.31. The van der Waals surface area contributed by atoms with Crippen molar-refractivity contribution in [3.8, 4) is 0 Å². The van der Waals surface area contributed by atoms with Gasteiger partial charge in [0.2, 0.25) is 0 Å². The van der Waals surface area contributed by atoms with Crippen LogP contribution in [0.5, 0.6) is 0 Å². The van der Waals surface area contributed by atoms with Crippen molar-refractivity contribution in [2.75, 3.05) is 26.3 Å². The quantitative estimate of drug-likeness (QED) is 0.771. The van der Waals surface area contributed by atoms with E-state index in [9.17, 15) is 4.79 Å². The largest absolute Gasteiger partial charge is 0.347 e. The topological polar surface area (TPSA) is 38.8 Å². The zero-order chi connectivity index (χ0) is 18.9. The molecule has 4 heteroatoms. The Balaban J connectivity index is 1.44. The molecule has 27 heavy (non-hydrogen) atoms. The molecule has 0 saturated carbocycles. The Morgan fingerprint density at radius 3 is 2.30 bits per heavy atom. The average molecular weight is 365 g/mol. The van der Waals surface area contributed by atoms with Gasteiger partial charge in [-0.3, -0.25) is 9.69 Å². The fourth-order valence-corrected chi connectivity index (χ4v) is 4.18. The van der Waals surface area contributed by atoms with Gasteiger partial charge < -0.3 is 9.47 Å². The molecule has 0 aliphatic carbocycles.